The average molecular weight is 241 g/mol. The molecule has 1 aliphatic rings. The van der Waals surface area contributed by atoms with Crippen LogP contribution in [0.3, 0.4) is 0 Å². The Bertz CT molecular complexity index is 539. The summed E-state index contributed by atoms with van der Waals surface area (Å²) in [5.41, 5.74) is 3.16. The van der Waals surface area contributed by atoms with Gasteiger partial charge < -0.3 is 9.84 Å². The Morgan fingerprint density at radius 1 is 1.22 bits per heavy atom. The number of benzene rings is 1. The number of ether oxygens (including phenoxy) is 1. The van der Waals surface area contributed by atoms with Crippen LogP contribution in [0.2, 0.25) is 0 Å². The molecule has 0 amide bonds. The van der Waals surface area contributed by atoms with Gasteiger partial charge in [0.15, 0.2) is 0 Å². The molecule has 0 fully saturated rings. The summed E-state index contributed by atoms with van der Waals surface area (Å²) in [7, 11) is 0. The predicted molar refractivity (Wildman–Crippen MR) is 68.5 cm³/mol. The number of hydrogen-bond acceptors (Lipinski definition) is 3. The van der Waals surface area contributed by atoms with E-state index in [1.54, 1.807) is 12.4 Å². The van der Waals surface area contributed by atoms with Crippen LogP contribution in [0.25, 0.3) is 0 Å². The summed E-state index contributed by atoms with van der Waals surface area (Å²) in [4.78, 5) is 3.98. The Morgan fingerprint density at radius 3 is 2.89 bits per heavy atom. The summed E-state index contributed by atoms with van der Waals surface area (Å²) < 4.78 is 5.62. The second-order valence-corrected chi connectivity index (χ2v) is 4.51. The van der Waals surface area contributed by atoms with Crippen LogP contribution in [-0.2, 0) is 12.8 Å². The standard InChI is InChI=1S/C15H15NO2/c17-14(10-11-4-7-16-8-5-11)13-3-1-2-12-6-9-18-15(12)13/h1-5,7-8,14,17H,6,9-10H2. The number of rotatable bonds is 3. The summed E-state index contributed by atoms with van der Waals surface area (Å²) in [6.45, 7) is 0.717. The molecule has 1 unspecified atom stereocenters. The number of hydrogen-bond donors (Lipinski definition) is 1. The van der Waals surface area contributed by atoms with Crippen LogP contribution in [0.1, 0.15) is 22.8 Å². The third-order valence-corrected chi connectivity index (χ3v) is 3.28. The summed E-state index contributed by atoms with van der Waals surface area (Å²) in [5.74, 6) is 0.874. The highest BCUT2D eigenvalue weighted by molar-refractivity contribution is 5.45. The smallest absolute Gasteiger partial charge is 0.128 e. The summed E-state index contributed by atoms with van der Waals surface area (Å²) >= 11 is 0. The van der Waals surface area contributed by atoms with Gasteiger partial charge in [0.2, 0.25) is 0 Å². The van der Waals surface area contributed by atoms with Crippen LogP contribution < -0.4 is 4.74 Å². The molecular formula is C15H15NO2. The number of nitrogens with zero attached hydrogens (tertiary/aromatic N) is 1. The first-order chi connectivity index (χ1) is 8.84. The highest BCUT2D eigenvalue weighted by Gasteiger charge is 2.20. The van der Waals surface area contributed by atoms with Gasteiger partial charge in [0, 0.05) is 30.8 Å². The Labute approximate surface area is 106 Å². The molecule has 0 bridgehead atoms. The molecule has 3 rings (SSSR count). The van der Waals surface area contributed by atoms with Gasteiger partial charge in [-0.05, 0) is 23.3 Å². The maximum Gasteiger partial charge on any atom is 0.128 e. The van der Waals surface area contributed by atoms with Gasteiger partial charge in [-0.3, -0.25) is 4.98 Å². The van der Waals surface area contributed by atoms with Gasteiger partial charge in [-0.2, -0.15) is 0 Å². The van der Waals surface area contributed by atoms with Gasteiger partial charge in [0.05, 0.1) is 12.7 Å². The normalized spacial score (nSPS) is 14.9. The topological polar surface area (TPSA) is 42.4 Å². The molecule has 1 aromatic carbocycles. The van der Waals surface area contributed by atoms with E-state index in [-0.39, 0.29) is 0 Å². The molecule has 0 aliphatic carbocycles. The van der Waals surface area contributed by atoms with E-state index in [0.29, 0.717) is 13.0 Å². The van der Waals surface area contributed by atoms with E-state index in [0.717, 1.165) is 23.3 Å². The zero-order valence-electron chi connectivity index (χ0n) is 10.0. The van der Waals surface area contributed by atoms with Crippen molar-refractivity contribution in [1.29, 1.82) is 0 Å². The SMILES string of the molecule is OC(Cc1ccncc1)c1cccc2c1OCC2. The van der Waals surface area contributed by atoms with E-state index in [1.807, 2.05) is 24.3 Å². The number of aliphatic hydroxyl groups excluding tert-OH is 1. The monoisotopic (exact) mass is 241 g/mol. The van der Waals surface area contributed by atoms with Crippen LogP contribution in [0.4, 0.5) is 0 Å². The fraction of sp³-hybridized carbons (Fsp3) is 0.267. The van der Waals surface area contributed by atoms with Crippen molar-refractivity contribution >= 4 is 0 Å². The molecule has 0 radical (unpaired) electrons. The van der Waals surface area contributed by atoms with Crippen LogP contribution >= 0.6 is 0 Å². The molecule has 1 aliphatic heterocycles. The zero-order chi connectivity index (χ0) is 12.4. The summed E-state index contributed by atoms with van der Waals surface area (Å²) in [5, 5.41) is 10.3. The molecule has 3 nitrogen and oxygen atoms in total. The molecule has 92 valence electrons. The number of fused-ring (bicyclic) bond motifs is 1. The molecule has 2 aromatic rings. The zero-order valence-corrected chi connectivity index (χ0v) is 10.0. The van der Waals surface area contributed by atoms with Gasteiger partial charge in [-0.1, -0.05) is 18.2 Å². The Balaban J connectivity index is 1.85. The van der Waals surface area contributed by atoms with Gasteiger partial charge >= 0.3 is 0 Å². The van der Waals surface area contributed by atoms with Crippen molar-refractivity contribution in [3.63, 3.8) is 0 Å². The molecule has 18 heavy (non-hydrogen) atoms. The number of aliphatic hydroxyl groups is 1. The molecule has 0 saturated heterocycles. The lowest BCUT2D eigenvalue weighted by atomic mass is 9.99. The van der Waals surface area contributed by atoms with Crippen LogP contribution in [-0.4, -0.2) is 16.7 Å². The van der Waals surface area contributed by atoms with Gasteiger partial charge in [-0.15, -0.1) is 0 Å². The highest BCUT2D eigenvalue weighted by Crippen LogP contribution is 2.34. The quantitative estimate of drug-likeness (QED) is 0.896. The number of aromatic nitrogens is 1. The second-order valence-electron chi connectivity index (χ2n) is 4.51. The Hall–Kier alpha value is -1.87. The minimum Gasteiger partial charge on any atom is -0.493 e. The lowest BCUT2D eigenvalue weighted by molar-refractivity contribution is 0.173. The second kappa shape index (κ2) is 4.78. The molecule has 3 heteroatoms. The highest BCUT2D eigenvalue weighted by atomic mass is 16.5. The molecular weight excluding hydrogens is 226 g/mol. The van der Waals surface area contributed by atoms with Crippen molar-refractivity contribution in [3.05, 3.63) is 59.4 Å². The lowest BCUT2D eigenvalue weighted by Crippen LogP contribution is -2.04. The Kier molecular flexibility index (Phi) is 2.99. The molecule has 2 heterocycles. The van der Waals surface area contributed by atoms with E-state index in [2.05, 4.69) is 11.1 Å². The van der Waals surface area contributed by atoms with Gasteiger partial charge in [0.1, 0.15) is 5.75 Å². The Morgan fingerprint density at radius 2 is 2.06 bits per heavy atom. The van der Waals surface area contributed by atoms with Crippen molar-refractivity contribution in [1.82, 2.24) is 4.98 Å². The van der Waals surface area contributed by atoms with E-state index in [9.17, 15) is 5.11 Å². The predicted octanol–water partition coefficient (Wildman–Crippen LogP) is 2.29. The summed E-state index contributed by atoms with van der Waals surface area (Å²) in [6, 6.07) is 9.83. The molecule has 0 spiro atoms. The minimum absolute atomic E-state index is 0.527. The lowest BCUT2D eigenvalue weighted by Gasteiger charge is -2.14. The number of para-hydroxylation sites is 1. The fourth-order valence-corrected chi connectivity index (χ4v) is 2.36. The summed E-state index contributed by atoms with van der Waals surface area (Å²) in [6.07, 6.45) is 4.48. The van der Waals surface area contributed by atoms with Crippen LogP contribution in [0.5, 0.6) is 5.75 Å². The van der Waals surface area contributed by atoms with Gasteiger partial charge in [0.25, 0.3) is 0 Å². The van der Waals surface area contributed by atoms with Gasteiger partial charge in [-0.25, -0.2) is 0 Å². The minimum atomic E-state index is -0.527. The maximum atomic E-state index is 10.3. The number of pyridine rings is 1. The van der Waals surface area contributed by atoms with E-state index in [4.69, 9.17) is 4.74 Å². The van der Waals surface area contributed by atoms with E-state index < -0.39 is 6.10 Å². The van der Waals surface area contributed by atoms with E-state index in [1.165, 1.54) is 5.56 Å². The third-order valence-electron chi connectivity index (χ3n) is 3.28. The molecule has 0 saturated carbocycles. The van der Waals surface area contributed by atoms with E-state index >= 15 is 0 Å². The van der Waals surface area contributed by atoms with Crippen LogP contribution in [0, 0.1) is 0 Å². The van der Waals surface area contributed by atoms with Crippen molar-refractivity contribution in [3.8, 4) is 5.75 Å². The van der Waals surface area contributed by atoms with Crippen molar-refractivity contribution in [2.24, 2.45) is 0 Å². The van der Waals surface area contributed by atoms with Crippen molar-refractivity contribution in [2.45, 2.75) is 18.9 Å². The maximum absolute atomic E-state index is 10.3. The first-order valence-electron chi connectivity index (χ1n) is 6.16. The first kappa shape index (κ1) is 11.2. The third kappa shape index (κ3) is 2.09. The first-order valence-corrected chi connectivity index (χ1v) is 6.16. The average Bonchev–Trinajstić information content (AvgIpc) is 2.87. The van der Waals surface area contributed by atoms with Crippen LogP contribution in [0.15, 0.2) is 42.7 Å². The fourth-order valence-electron chi connectivity index (χ4n) is 2.36. The molecule has 1 N–H and O–H groups in total. The molecule has 1 aromatic heterocycles. The largest absolute Gasteiger partial charge is 0.493 e. The molecule has 1 atom stereocenters. The van der Waals surface area contributed by atoms with Crippen molar-refractivity contribution in [2.75, 3.05) is 6.61 Å². The van der Waals surface area contributed by atoms with Crippen molar-refractivity contribution < 1.29 is 9.84 Å².